The van der Waals surface area contributed by atoms with Gasteiger partial charge < -0.3 is 16.0 Å². The van der Waals surface area contributed by atoms with Crippen molar-refractivity contribution in [3.8, 4) is 5.69 Å². The van der Waals surface area contributed by atoms with E-state index in [2.05, 4.69) is 47.4 Å². The molecule has 2 aromatic carbocycles. The first-order chi connectivity index (χ1) is 13.9. The third-order valence-corrected chi connectivity index (χ3v) is 4.35. The highest BCUT2D eigenvalue weighted by molar-refractivity contribution is 9.10. The molecule has 0 fully saturated rings. The molecule has 0 saturated carbocycles. The molecular formula is C18H17BrFN7O2. The Kier molecular flexibility index (Phi) is 6.50. The van der Waals surface area contributed by atoms with Crippen LogP contribution in [0.2, 0.25) is 0 Å². The number of aryl methyl sites for hydroxylation is 1. The maximum Gasteiger partial charge on any atom is 0.319 e. The Balaban J connectivity index is 1.50. The quantitative estimate of drug-likeness (QED) is 0.521. The van der Waals surface area contributed by atoms with Crippen molar-refractivity contribution in [2.24, 2.45) is 0 Å². The van der Waals surface area contributed by atoms with Crippen LogP contribution in [0.3, 0.4) is 0 Å². The molecule has 29 heavy (non-hydrogen) atoms. The normalized spacial score (nSPS) is 10.4. The van der Waals surface area contributed by atoms with E-state index < -0.39 is 11.8 Å². The highest BCUT2D eigenvalue weighted by Crippen LogP contribution is 2.19. The second kappa shape index (κ2) is 9.24. The van der Waals surface area contributed by atoms with Gasteiger partial charge in [0.15, 0.2) is 5.82 Å². The van der Waals surface area contributed by atoms with Crippen LogP contribution in [-0.2, 0) is 4.79 Å². The zero-order chi connectivity index (χ0) is 20.8. The molecule has 3 amide bonds. The van der Waals surface area contributed by atoms with Crippen LogP contribution in [0.25, 0.3) is 5.69 Å². The number of halogens is 2. The molecular weight excluding hydrogens is 445 g/mol. The van der Waals surface area contributed by atoms with Crippen LogP contribution in [0.1, 0.15) is 12.2 Å². The Bertz CT molecular complexity index is 1020. The molecule has 0 atom stereocenters. The number of nitrogens with zero attached hydrogens (tertiary/aromatic N) is 4. The monoisotopic (exact) mass is 461 g/mol. The van der Waals surface area contributed by atoms with Gasteiger partial charge in [-0.05, 0) is 59.8 Å². The molecule has 0 saturated heterocycles. The third kappa shape index (κ3) is 5.57. The molecule has 11 heteroatoms. The lowest BCUT2D eigenvalue weighted by Gasteiger charge is -2.10. The summed E-state index contributed by atoms with van der Waals surface area (Å²) in [5, 5.41) is 18.8. The van der Waals surface area contributed by atoms with E-state index in [1.54, 1.807) is 31.2 Å². The number of hydrogen-bond donors (Lipinski definition) is 3. The maximum atomic E-state index is 14.1. The number of urea groups is 1. The molecule has 3 aromatic rings. The second-order valence-electron chi connectivity index (χ2n) is 5.99. The Morgan fingerprint density at radius 3 is 2.52 bits per heavy atom. The molecule has 1 aromatic heterocycles. The second-order valence-corrected chi connectivity index (χ2v) is 6.91. The number of tetrazole rings is 1. The summed E-state index contributed by atoms with van der Waals surface area (Å²) in [6.07, 6.45) is 0.0460. The number of carbonyl (C=O) groups excluding carboxylic acids is 2. The number of rotatable bonds is 6. The van der Waals surface area contributed by atoms with Gasteiger partial charge in [-0.3, -0.25) is 4.79 Å². The molecule has 0 spiro atoms. The number of benzene rings is 2. The van der Waals surface area contributed by atoms with E-state index >= 15 is 0 Å². The first kappa shape index (κ1) is 20.4. The summed E-state index contributed by atoms with van der Waals surface area (Å²) in [5.74, 6) is -0.446. The van der Waals surface area contributed by atoms with Crippen LogP contribution in [-0.4, -0.2) is 38.7 Å². The first-order valence-electron chi connectivity index (χ1n) is 8.57. The van der Waals surface area contributed by atoms with E-state index in [1.165, 1.54) is 22.9 Å². The van der Waals surface area contributed by atoms with E-state index in [0.29, 0.717) is 17.2 Å². The molecule has 150 valence electrons. The lowest BCUT2D eigenvalue weighted by Crippen LogP contribution is -2.31. The lowest BCUT2D eigenvalue weighted by atomic mass is 10.2. The molecule has 0 bridgehead atoms. The molecule has 0 unspecified atom stereocenters. The molecule has 9 nitrogen and oxygen atoms in total. The fourth-order valence-electron chi connectivity index (χ4n) is 2.43. The van der Waals surface area contributed by atoms with Crippen LogP contribution >= 0.6 is 15.9 Å². The summed E-state index contributed by atoms with van der Waals surface area (Å²) in [4.78, 5) is 24.0. The van der Waals surface area contributed by atoms with Gasteiger partial charge in [0, 0.05) is 28.8 Å². The smallest absolute Gasteiger partial charge is 0.319 e. The largest absolute Gasteiger partial charge is 0.337 e. The van der Waals surface area contributed by atoms with Crippen LogP contribution in [0, 0.1) is 12.7 Å². The van der Waals surface area contributed by atoms with Gasteiger partial charge in [0.25, 0.3) is 0 Å². The third-order valence-electron chi connectivity index (χ3n) is 3.82. The average Bonchev–Trinajstić information content (AvgIpc) is 3.11. The van der Waals surface area contributed by atoms with Crippen molar-refractivity contribution in [1.82, 2.24) is 25.5 Å². The fourth-order valence-corrected chi connectivity index (χ4v) is 2.69. The molecule has 1 heterocycles. The Morgan fingerprint density at radius 2 is 1.83 bits per heavy atom. The summed E-state index contributed by atoms with van der Waals surface area (Å²) in [5.41, 5.74) is 1.14. The number of anilines is 2. The summed E-state index contributed by atoms with van der Waals surface area (Å²) in [7, 11) is 0. The highest BCUT2D eigenvalue weighted by atomic mass is 79.9. The Hall–Kier alpha value is -3.34. The predicted molar refractivity (Wildman–Crippen MR) is 108 cm³/mol. The van der Waals surface area contributed by atoms with Gasteiger partial charge in [-0.1, -0.05) is 15.9 Å². The van der Waals surface area contributed by atoms with E-state index in [1.807, 2.05) is 0 Å². The highest BCUT2D eigenvalue weighted by Gasteiger charge is 2.12. The number of amides is 3. The zero-order valence-electron chi connectivity index (χ0n) is 15.3. The Labute approximate surface area is 173 Å². The van der Waals surface area contributed by atoms with E-state index in [4.69, 9.17) is 0 Å². The maximum absolute atomic E-state index is 14.1. The number of aromatic nitrogens is 4. The standard InChI is InChI=1S/C18H17BrFN7O2/c1-11-24-25-26-27(11)16-10-14(6-7-15(16)20)22-17(28)8-9-21-18(29)23-13-4-2-12(19)3-5-13/h2-7,10H,8-9H2,1H3,(H,22,28)(H2,21,23,29). The number of hydrogen-bond acceptors (Lipinski definition) is 5. The SMILES string of the molecule is Cc1nnnn1-c1cc(NC(=O)CCNC(=O)Nc2ccc(Br)cc2)ccc1F. The fraction of sp³-hybridized carbons (Fsp3) is 0.167. The summed E-state index contributed by atoms with van der Waals surface area (Å²) in [6.45, 7) is 1.77. The van der Waals surface area contributed by atoms with Crippen molar-refractivity contribution in [1.29, 1.82) is 0 Å². The van der Waals surface area contributed by atoms with Gasteiger partial charge in [-0.15, -0.1) is 5.10 Å². The lowest BCUT2D eigenvalue weighted by molar-refractivity contribution is -0.116. The van der Waals surface area contributed by atoms with Crippen LogP contribution in [0.4, 0.5) is 20.6 Å². The van der Waals surface area contributed by atoms with Gasteiger partial charge in [0.2, 0.25) is 5.91 Å². The molecule has 0 radical (unpaired) electrons. The van der Waals surface area contributed by atoms with Gasteiger partial charge in [0.1, 0.15) is 11.5 Å². The minimum atomic E-state index is -0.523. The number of carbonyl (C=O) groups is 2. The van der Waals surface area contributed by atoms with Crippen molar-refractivity contribution in [3.05, 3.63) is 58.6 Å². The van der Waals surface area contributed by atoms with E-state index in [0.717, 1.165) is 4.47 Å². The summed E-state index contributed by atoms with van der Waals surface area (Å²) in [6, 6.07) is 10.8. The summed E-state index contributed by atoms with van der Waals surface area (Å²) >= 11 is 3.32. The number of nitrogens with one attached hydrogen (secondary N) is 3. The van der Waals surface area contributed by atoms with E-state index in [9.17, 15) is 14.0 Å². The summed E-state index contributed by atoms with van der Waals surface area (Å²) < 4.78 is 16.2. The molecule has 0 aliphatic rings. The zero-order valence-corrected chi connectivity index (χ0v) is 16.9. The van der Waals surface area contributed by atoms with Crippen molar-refractivity contribution < 1.29 is 14.0 Å². The van der Waals surface area contributed by atoms with Crippen molar-refractivity contribution in [2.45, 2.75) is 13.3 Å². The van der Waals surface area contributed by atoms with Gasteiger partial charge in [-0.25, -0.2) is 9.18 Å². The topological polar surface area (TPSA) is 114 Å². The molecule has 3 N–H and O–H groups in total. The van der Waals surface area contributed by atoms with Crippen molar-refractivity contribution in [3.63, 3.8) is 0 Å². The first-order valence-corrected chi connectivity index (χ1v) is 9.37. The average molecular weight is 462 g/mol. The predicted octanol–water partition coefficient (Wildman–Crippen LogP) is 3.02. The van der Waals surface area contributed by atoms with Gasteiger partial charge in [0.05, 0.1) is 0 Å². The minimum absolute atomic E-state index is 0.0460. The van der Waals surface area contributed by atoms with Gasteiger partial charge in [-0.2, -0.15) is 4.68 Å². The minimum Gasteiger partial charge on any atom is -0.337 e. The van der Waals surface area contributed by atoms with E-state index in [-0.39, 0.29) is 24.6 Å². The molecule has 0 aliphatic carbocycles. The molecule has 0 aliphatic heterocycles. The van der Waals surface area contributed by atoms with Crippen LogP contribution in [0.15, 0.2) is 46.9 Å². The molecule has 3 rings (SSSR count). The Morgan fingerprint density at radius 1 is 1.10 bits per heavy atom. The van der Waals surface area contributed by atoms with Crippen LogP contribution in [0.5, 0.6) is 0 Å². The van der Waals surface area contributed by atoms with Crippen molar-refractivity contribution in [2.75, 3.05) is 17.2 Å². The van der Waals surface area contributed by atoms with Crippen LogP contribution < -0.4 is 16.0 Å². The van der Waals surface area contributed by atoms with Crippen molar-refractivity contribution >= 4 is 39.2 Å². The van der Waals surface area contributed by atoms with Gasteiger partial charge >= 0.3 is 6.03 Å².